The maximum absolute atomic E-state index is 12.7. The van der Waals surface area contributed by atoms with Crippen LogP contribution in [0.15, 0.2) is 64.7 Å². The molecular weight excluding hydrogens is 372 g/mol. The number of ether oxygens (including phenoxy) is 1. The van der Waals surface area contributed by atoms with Crippen LogP contribution in [0.5, 0.6) is 0 Å². The van der Waals surface area contributed by atoms with Crippen molar-refractivity contribution in [3.05, 3.63) is 70.9 Å². The van der Waals surface area contributed by atoms with Gasteiger partial charge in [0, 0.05) is 14.2 Å². The lowest BCUT2D eigenvalue weighted by Crippen LogP contribution is -2.41. The first-order chi connectivity index (χ1) is 13.7. The van der Waals surface area contributed by atoms with Crippen LogP contribution in [0.1, 0.15) is 17.2 Å². The Kier molecular flexibility index (Phi) is 5.18. The number of aliphatic imine (C=N–C) groups is 1. The Bertz CT molecular complexity index is 1060. The van der Waals surface area contributed by atoms with Crippen molar-refractivity contribution >= 4 is 39.5 Å². The topological polar surface area (TPSA) is 66.8 Å². The molecule has 1 amide bonds. The Morgan fingerprint density at radius 3 is 2.86 bits per heavy atom. The molecule has 1 aliphatic heterocycles. The SMILES string of the molecule is COC[C@H](NC1=N/C(=C\c2ccc3ncsc3c2)C(=O)N1C)c1ccccc1. The molecule has 0 radical (unpaired) electrons. The number of likely N-dealkylation sites (N-methyl/N-ethyl adjacent to an activating group) is 1. The summed E-state index contributed by atoms with van der Waals surface area (Å²) in [5.41, 5.74) is 5.17. The standard InChI is InChI=1S/C21H20N4O2S/c1-25-20(26)17(10-14-8-9-16-19(11-14)28-13-22-16)23-21(25)24-18(12-27-2)15-6-4-3-5-7-15/h3-11,13,18H,12H2,1-2H3,(H,23,24)/b17-10-/t18-/m0/s1. The zero-order valence-electron chi connectivity index (χ0n) is 15.6. The van der Waals surface area contributed by atoms with Crippen molar-refractivity contribution < 1.29 is 9.53 Å². The van der Waals surface area contributed by atoms with Crippen molar-refractivity contribution in [1.82, 2.24) is 15.2 Å². The number of amides is 1. The molecule has 4 rings (SSSR count). The van der Waals surface area contributed by atoms with E-state index in [1.807, 2.05) is 54.0 Å². The van der Waals surface area contributed by atoms with Gasteiger partial charge in [-0.3, -0.25) is 9.69 Å². The van der Waals surface area contributed by atoms with Gasteiger partial charge in [-0.15, -0.1) is 11.3 Å². The molecule has 3 aromatic rings. The van der Waals surface area contributed by atoms with Crippen LogP contribution in [0.2, 0.25) is 0 Å². The van der Waals surface area contributed by atoms with Gasteiger partial charge in [0.05, 0.1) is 28.4 Å². The number of hydrogen-bond acceptors (Lipinski definition) is 6. The van der Waals surface area contributed by atoms with Crippen molar-refractivity contribution in [2.24, 2.45) is 4.99 Å². The normalized spacial score (nSPS) is 16.6. The number of aromatic nitrogens is 1. The van der Waals surface area contributed by atoms with Crippen LogP contribution >= 0.6 is 11.3 Å². The summed E-state index contributed by atoms with van der Waals surface area (Å²) in [4.78, 5) is 23.0. The van der Waals surface area contributed by atoms with E-state index in [1.165, 1.54) is 4.90 Å². The van der Waals surface area contributed by atoms with E-state index in [2.05, 4.69) is 15.3 Å². The number of carbonyl (C=O) groups excluding carboxylic acids is 1. The third kappa shape index (κ3) is 3.67. The molecule has 2 heterocycles. The number of guanidine groups is 1. The van der Waals surface area contributed by atoms with Crippen molar-refractivity contribution in [2.75, 3.05) is 20.8 Å². The predicted octanol–water partition coefficient (Wildman–Crippen LogP) is 3.44. The summed E-state index contributed by atoms with van der Waals surface area (Å²) in [7, 11) is 3.38. The molecule has 6 nitrogen and oxygen atoms in total. The fourth-order valence-electron chi connectivity index (χ4n) is 3.08. The molecule has 1 aromatic heterocycles. The maximum atomic E-state index is 12.7. The highest BCUT2D eigenvalue weighted by Gasteiger charge is 2.28. The second-order valence-corrected chi connectivity index (χ2v) is 7.36. The molecule has 0 saturated heterocycles. The van der Waals surface area contributed by atoms with Gasteiger partial charge >= 0.3 is 0 Å². The molecule has 0 saturated carbocycles. The minimum atomic E-state index is -0.142. The van der Waals surface area contributed by atoms with Gasteiger partial charge in [0.2, 0.25) is 5.96 Å². The second kappa shape index (κ2) is 7.92. The number of methoxy groups -OCH3 is 1. The van der Waals surface area contributed by atoms with Crippen LogP contribution in [0.25, 0.3) is 16.3 Å². The van der Waals surface area contributed by atoms with E-state index < -0.39 is 0 Å². The molecule has 7 heteroatoms. The summed E-state index contributed by atoms with van der Waals surface area (Å²) in [5, 5.41) is 3.34. The van der Waals surface area contributed by atoms with Crippen LogP contribution in [0.3, 0.4) is 0 Å². The highest BCUT2D eigenvalue weighted by molar-refractivity contribution is 7.16. The lowest BCUT2D eigenvalue weighted by atomic mass is 10.1. The number of benzene rings is 2. The summed E-state index contributed by atoms with van der Waals surface area (Å²) in [6.45, 7) is 0.464. The van der Waals surface area contributed by atoms with E-state index in [9.17, 15) is 4.79 Å². The maximum Gasteiger partial charge on any atom is 0.279 e. The van der Waals surface area contributed by atoms with Gasteiger partial charge in [-0.05, 0) is 29.3 Å². The fraction of sp³-hybridized carbons (Fsp3) is 0.190. The summed E-state index contributed by atoms with van der Waals surface area (Å²) < 4.78 is 6.43. The second-order valence-electron chi connectivity index (χ2n) is 6.47. The fourth-order valence-corrected chi connectivity index (χ4v) is 3.80. The van der Waals surface area contributed by atoms with E-state index >= 15 is 0 Å². The number of rotatable bonds is 5. The molecule has 0 aliphatic carbocycles. The van der Waals surface area contributed by atoms with E-state index in [4.69, 9.17) is 4.74 Å². The van der Waals surface area contributed by atoms with Crippen LogP contribution in [0, 0.1) is 0 Å². The van der Waals surface area contributed by atoms with Gasteiger partial charge in [0.1, 0.15) is 5.70 Å². The number of hydrogen-bond donors (Lipinski definition) is 1. The van der Waals surface area contributed by atoms with Crippen molar-refractivity contribution in [2.45, 2.75) is 6.04 Å². The Morgan fingerprint density at radius 1 is 1.25 bits per heavy atom. The number of carbonyl (C=O) groups is 1. The first kappa shape index (κ1) is 18.3. The highest BCUT2D eigenvalue weighted by Crippen LogP contribution is 2.23. The molecular formula is C21H20N4O2S. The molecule has 0 fully saturated rings. The lowest BCUT2D eigenvalue weighted by Gasteiger charge is -2.22. The average molecular weight is 392 g/mol. The molecule has 2 aromatic carbocycles. The monoisotopic (exact) mass is 392 g/mol. The minimum absolute atomic E-state index is 0.104. The van der Waals surface area contributed by atoms with E-state index in [-0.39, 0.29) is 11.9 Å². The quantitative estimate of drug-likeness (QED) is 0.676. The Balaban J connectivity index is 1.61. The van der Waals surface area contributed by atoms with Gasteiger partial charge in [-0.25, -0.2) is 9.98 Å². The summed E-state index contributed by atoms with van der Waals surface area (Å²) >= 11 is 1.58. The first-order valence-corrected chi connectivity index (χ1v) is 9.76. The molecule has 1 aliphatic rings. The summed E-state index contributed by atoms with van der Waals surface area (Å²) in [6.07, 6.45) is 1.81. The van der Waals surface area contributed by atoms with Crippen LogP contribution in [-0.2, 0) is 9.53 Å². The van der Waals surface area contributed by atoms with Gasteiger partial charge in [-0.1, -0.05) is 36.4 Å². The highest BCUT2D eigenvalue weighted by atomic mass is 32.1. The van der Waals surface area contributed by atoms with Crippen molar-refractivity contribution in [3.63, 3.8) is 0 Å². The minimum Gasteiger partial charge on any atom is -0.382 e. The third-order valence-corrected chi connectivity index (χ3v) is 5.36. The molecule has 28 heavy (non-hydrogen) atoms. The smallest absolute Gasteiger partial charge is 0.279 e. The van der Waals surface area contributed by atoms with E-state index in [0.717, 1.165) is 21.3 Å². The molecule has 1 N–H and O–H groups in total. The molecule has 0 spiro atoms. The molecule has 0 unspecified atom stereocenters. The van der Waals surface area contributed by atoms with Gasteiger partial charge in [-0.2, -0.15) is 0 Å². The molecule has 0 bridgehead atoms. The summed E-state index contributed by atoms with van der Waals surface area (Å²) in [6, 6.07) is 15.8. The van der Waals surface area contributed by atoms with Crippen molar-refractivity contribution in [3.8, 4) is 0 Å². The zero-order chi connectivity index (χ0) is 19.5. The number of fused-ring (bicyclic) bond motifs is 1. The molecule has 142 valence electrons. The van der Waals surface area contributed by atoms with Gasteiger partial charge < -0.3 is 10.1 Å². The van der Waals surface area contributed by atoms with Crippen LogP contribution < -0.4 is 5.32 Å². The Labute approximate surface area is 167 Å². The number of thiazole rings is 1. The largest absolute Gasteiger partial charge is 0.382 e. The molecule has 1 atom stereocenters. The van der Waals surface area contributed by atoms with Gasteiger partial charge in [0.25, 0.3) is 5.91 Å². The Morgan fingerprint density at radius 2 is 2.07 bits per heavy atom. The zero-order valence-corrected chi connectivity index (χ0v) is 16.4. The predicted molar refractivity (Wildman–Crippen MR) is 112 cm³/mol. The lowest BCUT2D eigenvalue weighted by molar-refractivity contribution is -0.121. The van der Waals surface area contributed by atoms with Gasteiger partial charge in [0.15, 0.2) is 0 Å². The van der Waals surface area contributed by atoms with Crippen LogP contribution in [-0.4, -0.2) is 42.5 Å². The van der Waals surface area contributed by atoms with Crippen molar-refractivity contribution in [1.29, 1.82) is 0 Å². The van der Waals surface area contributed by atoms with Crippen LogP contribution in [0.4, 0.5) is 0 Å². The number of nitrogens with zero attached hydrogens (tertiary/aromatic N) is 3. The summed E-state index contributed by atoms with van der Waals surface area (Å²) in [5.74, 6) is 0.372. The Hall–Kier alpha value is -3.03. The van der Waals surface area contributed by atoms with E-state index in [0.29, 0.717) is 18.3 Å². The van der Waals surface area contributed by atoms with E-state index in [1.54, 1.807) is 31.6 Å². The number of nitrogens with one attached hydrogen (secondary N) is 1. The third-order valence-electron chi connectivity index (χ3n) is 4.57. The first-order valence-electron chi connectivity index (χ1n) is 8.88. The average Bonchev–Trinajstić information content (AvgIpc) is 3.28.